The summed E-state index contributed by atoms with van der Waals surface area (Å²) >= 11 is 0. The molecule has 0 saturated carbocycles. The Morgan fingerprint density at radius 1 is 0.352 bits per heavy atom. The van der Waals surface area contributed by atoms with Crippen molar-refractivity contribution < 1.29 is 0 Å². The number of imidazole rings is 4. The van der Waals surface area contributed by atoms with Gasteiger partial charge in [-0.05, 0) is 92.4 Å². The normalized spacial score (nSPS) is 14.3. The highest BCUT2D eigenvalue weighted by Gasteiger charge is 2.33. The molecule has 0 spiro atoms. The van der Waals surface area contributed by atoms with Gasteiger partial charge >= 0.3 is 0 Å². The first-order valence-electron chi connectivity index (χ1n) is 19.5. The third-order valence-corrected chi connectivity index (χ3v) is 12.4. The fraction of sp³-hybridized carbons (Fsp3) is 0.333. The van der Waals surface area contributed by atoms with Crippen LogP contribution in [0.2, 0.25) is 0 Å². The van der Waals surface area contributed by atoms with Crippen LogP contribution in [-0.2, 0) is 21.7 Å². The molecule has 0 unspecified atom stereocenters. The zero-order chi connectivity index (χ0) is 37.8. The second kappa shape index (κ2) is 9.46. The van der Waals surface area contributed by atoms with Crippen molar-refractivity contribution in [3.8, 4) is 0 Å². The molecule has 6 nitrogen and oxygen atoms in total. The maximum absolute atomic E-state index is 5.52. The lowest BCUT2D eigenvalue weighted by Crippen LogP contribution is -2.10. The fourth-order valence-corrected chi connectivity index (χ4v) is 9.34. The summed E-state index contributed by atoms with van der Waals surface area (Å²) in [7, 11) is 0. The summed E-state index contributed by atoms with van der Waals surface area (Å²) in [6, 6.07) is 28.0. The van der Waals surface area contributed by atoms with E-state index >= 15 is 0 Å². The van der Waals surface area contributed by atoms with Gasteiger partial charge in [-0.3, -0.25) is 17.6 Å². The number of rotatable bonds is 0. The summed E-state index contributed by atoms with van der Waals surface area (Å²) in [4.78, 5) is 11.0. The molecule has 6 aromatic heterocycles. The predicted molar refractivity (Wildman–Crippen MR) is 228 cm³/mol. The van der Waals surface area contributed by atoms with Crippen molar-refractivity contribution in [3.63, 3.8) is 0 Å². The molecule has 0 fully saturated rings. The van der Waals surface area contributed by atoms with Crippen LogP contribution in [0, 0.1) is 0 Å². The van der Waals surface area contributed by atoms with Gasteiger partial charge in [0, 0.05) is 21.5 Å². The quantitative estimate of drug-likeness (QED) is 0.157. The van der Waals surface area contributed by atoms with Crippen LogP contribution in [-0.4, -0.2) is 27.6 Å². The van der Waals surface area contributed by atoms with Gasteiger partial charge in [0.05, 0.1) is 55.2 Å². The van der Waals surface area contributed by atoms with Crippen LogP contribution in [0.3, 0.4) is 0 Å². The Labute approximate surface area is 314 Å². The van der Waals surface area contributed by atoms with E-state index in [1.54, 1.807) is 0 Å². The molecule has 54 heavy (non-hydrogen) atoms. The van der Waals surface area contributed by atoms with Crippen LogP contribution in [0.1, 0.15) is 105 Å². The van der Waals surface area contributed by atoms with E-state index < -0.39 is 0 Å². The van der Waals surface area contributed by atoms with Crippen molar-refractivity contribution >= 4 is 88.3 Å². The van der Waals surface area contributed by atoms with E-state index in [4.69, 9.17) is 9.97 Å². The molecule has 0 atom stereocenters. The predicted octanol–water partition coefficient (Wildman–Crippen LogP) is 12.5. The number of aromatic nitrogens is 6. The Morgan fingerprint density at radius 2 is 0.630 bits per heavy atom. The molecule has 270 valence electrons. The maximum atomic E-state index is 5.52. The Balaban J connectivity index is 1.47. The second-order valence-electron chi connectivity index (χ2n) is 20.2. The van der Waals surface area contributed by atoms with Crippen LogP contribution in [0.5, 0.6) is 0 Å². The largest absolute Gasteiger partial charge is 0.277 e. The molecule has 0 bridgehead atoms. The zero-order valence-corrected chi connectivity index (χ0v) is 33.6. The van der Waals surface area contributed by atoms with Gasteiger partial charge in [0.2, 0.25) is 11.6 Å². The molecule has 11 rings (SSSR count). The lowest BCUT2D eigenvalue weighted by atomic mass is 9.86. The van der Waals surface area contributed by atoms with Gasteiger partial charge in [-0.15, -0.1) is 0 Å². The van der Waals surface area contributed by atoms with Crippen molar-refractivity contribution in [2.75, 3.05) is 0 Å². The van der Waals surface area contributed by atoms with Gasteiger partial charge in [0.25, 0.3) is 0 Å². The van der Waals surface area contributed by atoms with Crippen LogP contribution in [0.25, 0.3) is 88.3 Å². The van der Waals surface area contributed by atoms with Gasteiger partial charge < -0.3 is 0 Å². The Morgan fingerprint density at radius 3 is 0.944 bits per heavy atom. The monoisotopic (exact) mass is 708 g/mol. The molecule has 6 heteroatoms. The number of benzene rings is 5. The van der Waals surface area contributed by atoms with E-state index in [2.05, 4.69) is 173 Å². The van der Waals surface area contributed by atoms with Crippen molar-refractivity contribution in [2.24, 2.45) is 0 Å². The maximum Gasteiger partial charge on any atom is 0.220 e. The molecular weight excluding hydrogens is 661 g/mol. The van der Waals surface area contributed by atoms with Crippen molar-refractivity contribution in [1.82, 2.24) is 27.6 Å². The summed E-state index contributed by atoms with van der Waals surface area (Å²) in [5.41, 5.74) is 16.9. The smallest absolute Gasteiger partial charge is 0.220 e. The Bertz CT molecular complexity index is 3170. The third-order valence-electron chi connectivity index (χ3n) is 12.4. The summed E-state index contributed by atoms with van der Waals surface area (Å²) in [6.45, 7) is 27.6. The molecule has 5 aromatic carbocycles. The highest BCUT2D eigenvalue weighted by atomic mass is 15.2. The molecular formula is C48H48N6. The first kappa shape index (κ1) is 32.1. The molecule has 0 aliphatic carbocycles. The number of nitrogens with zero attached hydrogens (tertiary/aromatic N) is 6. The van der Waals surface area contributed by atoms with Gasteiger partial charge in [-0.2, -0.15) is 0 Å². The SMILES string of the molecule is CC(C)(C)c1ccc2c(c1)nc1n2c2c3c4cc(C(C)(C)C)ccc4n4c3c(c3c5cc(C(C)(C)C)ccc5n1c32)n1c2ccc(C(C)(C)C)cc2nc14. The molecule has 0 radical (unpaired) electrons. The van der Waals surface area contributed by atoms with Crippen LogP contribution < -0.4 is 0 Å². The zero-order valence-electron chi connectivity index (χ0n) is 33.6. The van der Waals surface area contributed by atoms with Gasteiger partial charge in [0.15, 0.2) is 0 Å². The average molecular weight is 709 g/mol. The topological polar surface area (TPSA) is 43.4 Å². The number of fused-ring (bicyclic) bond motifs is 18. The van der Waals surface area contributed by atoms with E-state index in [0.717, 1.165) is 33.6 Å². The highest BCUT2D eigenvalue weighted by Crippen LogP contribution is 2.50. The Kier molecular flexibility index (Phi) is 5.63. The van der Waals surface area contributed by atoms with Crippen molar-refractivity contribution in [3.05, 3.63) is 95.1 Å². The first-order valence-corrected chi connectivity index (χ1v) is 19.5. The van der Waals surface area contributed by atoms with E-state index in [0.29, 0.717) is 0 Å². The fourth-order valence-electron chi connectivity index (χ4n) is 9.34. The molecule has 11 aromatic rings. The summed E-state index contributed by atoms with van der Waals surface area (Å²) < 4.78 is 9.85. The summed E-state index contributed by atoms with van der Waals surface area (Å²) in [5.74, 6) is 1.93. The second-order valence-corrected chi connectivity index (χ2v) is 20.2. The van der Waals surface area contributed by atoms with E-state index in [1.165, 1.54) is 76.9 Å². The van der Waals surface area contributed by atoms with Crippen LogP contribution in [0.15, 0.2) is 72.8 Å². The van der Waals surface area contributed by atoms with E-state index in [-0.39, 0.29) is 21.7 Å². The average Bonchev–Trinajstić information content (AvgIpc) is 3.89. The van der Waals surface area contributed by atoms with E-state index in [9.17, 15) is 0 Å². The molecule has 0 aliphatic heterocycles. The van der Waals surface area contributed by atoms with Crippen LogP contribution in [0.4, 0.5) is 0 Å². The molecule has 6 heterocycles. The van der Waals surface area contributed by atoms with Gasteiger partial charge in [-0.1, -0.05) is 107 Å². The van der Waals surface area contributed by atoms with E-state index in [1.807, 2.05) is 0 Å². The number of hydrogen-bond donors (Lipinski definition) is 0. The standard InChI is InChI=1S/C48H48N6/c1-45(2,3)25-13-17-33-29(21-25)37-39-42(54-36-20-16-28(48(10,11)12)24-32(36)49-43(54)51(33)39)38-30-22-26(46(4,5)6)14-18-34(30)52-40(38)41(37)53-35-19-15-27(47(7,8)9)23-31(35)50-44(52)53/h13-24H,1-12H3. The third kappa shape index (κ3) is 3.86. The van der Waals surface area contributed by atoms with Gasteiger partial charge in [-0.25, -0.2) is 9.97 Å². The molecule has 0 amide bonds. The summed E-state index contributed by atoms with van der Waals surface area (Å²) in [6.07, 6.45) is 0. The lowest BCUT2D eigenvalue weighted by Gasteiger charge is -2.19. The lowest BCUT2D eigenvalue weighted by molar-refractivity contribution is 0.590. The van der Waals surface area contributed by atoms with Gasteiger partial charge in [0.1, 0.15) is 0 Å². The van der Waals surface area contributed by atoms with Crippen LogP contribution >= 0.6 is 0 Å². The molecule has 0 aliphatic rings. The first-order chi connectivity index (χ1) is 25.3. The molecule has 0 N–H and O–H groups in total. The van der Waals surface area contributed by atoms with Crippen molar-refractivity contribution in [1.29, 1.82) is 0 Å². The van der Waals surface area contributed by atoms with Crippen molar-refractivity contribution in [2.45, 2.75) is 105 Å². The molecule has 0 saturated heterocycles. The number of hydrogen-bond acceptors (Lipinski definition) is 2. The minimum absolute atomic E-state index is 0.00895. The summed E-state index contributed by atoms with van der Waals surface area (Å²) in [5, 5.41) is 5.05. The highest BCUT2D eigenvalue weighted by molar-refractivity contribution is 6.37. The minimum Gasteiger partial charge on any atom is -0.277 e. The minimum atomic E-state index is -0.00895. The Hall–Kier alpha value is -5.36.